The molecule has 1 fully saturated rings. The van der Waals surface area contributed by atoms with E-state index in [2.05, 4.69) is 0 Å². The second-order valence-corrected chi connectivity index (χ2v) is 5.43. The Morgan fingerprint density at radius 3 is 2.81 bits per heavy atom. The number of hydrogen-bond donors (Lipinski definition) is 1. The zero-order valence-corrected chi connectivity index (χ0v) is 11.7. The second-order valence-electron chi connectivity index (χ2n) is 5.43. The van der Waals surface area contributed by atoms with Crippen LogP contribution in [0.25, 0.3) is 0 Å². The quantitative estimate of drug-likeness (QED) is 0.908. The van der Waals surface area contributed by atoms with Crippen LogP contribution in [0.5, 0.6) is 11.5 Å². The first-order valence-electron chi connectivity index (χ1n) is 6.97. The summed E-state index contributed by atoms with van der Waals surface area (Å²) in [6.45, 7) is 2.50. The Morgan fingerprint density at radius 2 is 2.10 bits per heavy atom. The highest BCUT2D eigenvalue weighted by molar-refractivity contribution is 5.81. The Morgan fingerprint density at radius 1 is 1.33 bits per heavy atom. The fraction of sp³-hybridized carbons (Fsp3) is 0.467. The largest absolute Gasteiger partial charge is 0.481 e. The minimum absolute atomic E-state index is 0.0508. The molecule has 1 aromatic carbocycles. The Kier molecular flexibility index (Phi) is 3.45. The minimum atomic E-state index is -0.833. The van der Waals surface area contributed by atoms with Crippen LogP contribution >= 0.6 is 0 Å². The second kappa shape index (κ2) is 5.27. The van der Waals surface area contributed by atoms with Gasteiger partial charge in [0.1, 0.15) is 0 Å². The highest BCUT2D eigenvalue weighted by atomic mass is 16.7. The average molecular weight is 291 g/mol. The molecule has 1 saturated heterocycles. The summed E-state index contributed by atoms with van der Waals surface area (Å²) < 4.78 is 10.5. The number of carbonyl (C=O) groups is 2. The molecule has 2 atom stereocenters. The number of benzene rings is 1. The summed E-state index contributed by atoms with van der Waals surface area (Å²) in [5.74, 6) is -0.0124. The fourth-order valence-corrected chi connectivity index (χ4v) is 2.95. The summed E-state index contributed by atoms with van der Waals surface area (Å²) in [5.41, 5.74) is 0.843. The number of carboxylic acid groups (broad SMARTS) is 1. The first-order chi connectivity index (χ1) is 10.1. The van der Waals surface area contributed by atoms with Crippen molar-refractivity contribution in [3.63, 3.8) is 0 Å². The molecule has 3 rings (SSSR count). The van der Waals surface area contributed by atoms with Gasteiger partial charge in [-0.15, -0.1) is 0 Å². The van der Waals surface area contributed by atoms with Crippen molar-refractivity contribution in [2.24, 2.45) is 5.92 Å². The van der Waals surface area contributed by atoms with E-state index in [1.165, 1.54) is 0 Å². The number of fused-ring (bicyclic) bond motifs is 1. The molecule has 1 aromatic rings. The monoisotopic (exact) mass is 291 g/mol. The molecule has 2 heterocycles. The minimum Gasteiger partial charge on any atom is -0.481 e. The predicted molar refractivity (Wildman–Crippen MR) is 73.2 cm³/mol. The van der Waals surface area contributed by atoms with Crippen molar-refractivity contribution < 1.29 is 24.2 Å². The van der Waals surface area contributed by atoms with E-state index < -0.39 is 11.9 Å². The van der Waals surface area contributed by atoms with E-state index in [1.807, 2.05) is 6.07 Å². The van der Waals surface area contributed by atoms with Crippen LogP contribution < -0.4 is 9.47 Å². The molecule has 1 amide bonds. The van der Waals surface area contributed by atoms with Crippen molar-refractivity contribution in [2.75, 3.05) is 13.3 Å². The van der Waals surface area contributed by atoms with Gasteiger partial charge in [-0.1, -0.05) is 6.07 Å². The molecule has 6 nitrogen and oxygen atoms in total. The molecule has 21 heavy (non-hydrogen) atoms. The summed E-state index contributed by atoms with van der Waals surface area (Å²) in [6.07, 6.45) is 0.761. The van der Waals surface area contributed by atoms with Crippen LogP contribution in [-0.2, 0) is 16.0 Å². The highest BCUT2D eigenvalue weighted by Gasteiger charge is 2.37. The van der Waals surface area contributed by atoms with Gasteiger partial charge in [0.2, 0.25) is 12.7 Å². The third kappa shape index (κ3) is 2.53. The van der Waals surface area contributed by atoms with Crippen LogP contribution in [0.1, 0.15) is 18.9 Å². The topological polar surface area (TPSA) is 76.1 Å². The lowest BCUT2D eigenvalue weighted by Gasteiger charge is -2.23. The molecule has 0 bridgehead atoms. The van der Waals surface area contributed by atoms with E-state index in [0.29, 0.717) is 24.5 Å². The van der Waals surface area contributed by atoms with Crippen molar-refractivity contribution in [3.05, 3.63) is 23.8 Å². The summed E-state index contributed by atoms with van der Waals surface area (Å²) in [7, 11) is 0. The van der Waals surface area contributed by atoms with E-state index in [0.717, 1.165) is 5.56 Å². The number of hydrogen-bond acceptors (Lipinski definition) is 4. The number of amides is 1. The maximum atomic E-state index is 12.4. The third-order valence-electron chi connectivity index (χ3n) is 4.18. The normalized spacial score (nSPS) is 23.4. The number of carboxylic acids is 1. The molecule has 0 radical (unpaired) electrons. The van der Waals surface area contributed by atoms with E-state index in [1.54, 1.807) is 24.0 Å². The molecule has 0 saturated carbocycles. The average Bonchev–Trinajstić information content (AvgIpc) is 3.04. The highest BCUT2D eigenvalue weighted by Crippen LogP contribution is 2.33. The van der Waals surface area contributed by atoms with Crippen LogP contribution in [0.3, 0.4) is 0 Å². The summed E-state index contributed by atoms with van der Waals surface area (Å²) in [4.78, 5) is 25.1. The zero-order valence-electron chi connectivity index (χ0n) is 11.7. The Bertz CT molecular complexity index is 585. The summed E-state index contributed by atoms with van der Waals surface area (Å²) in [5, 5.41) is 9.11. The number of likely N-dealkylation sites (tertiary alicyclic amines) is 1. The van der Waals surface area contributed by atoms with Gasteiger partial charge in [-0.05, 0) is 31.0 Å². The van der Waals surface area contributed by atoms with Crippen molar-refractivity contribution in [2.45, 2.75) is 25.8 Å². The number of aliphatic carboxylic acids is 1. The van der Waals surface area contributed by atoms with E-state index in [-0.39, 0.29) is 25.2 Å². The molecule has 1 N–H and O–H groups in total. The molecule has 0 aliphatic carbocycles. The molecule has 2 aliphatic heterocycles. The molecule has 6 heteroatoms. The lowest BCUT2D eigenvalue weighted by atomic mass is 10.0. The maximum Gasteiger partial charge on any atom is 0.308 e. The zero-order chi connectivity index (χ0) is 15.0. The van der Waals surface area contributed by atoms with Gasteiger partial charge in [0.05, 0.1) is 12.3 Å². The van der Waals surface area contributed by atoms with Crippen molar-refractivity contribution in [1.82, 2.24) is 4.90 Å². The van der Waals surface area contributed by atoms with E-state index in [9.17, 15) is 9.59 Å². The van der Waals surface area contributed by atoms with Gasteiger partial charge in [-0.25, -0.2) is 0 Å². The molecule has 2 aliphatic rings. The standard InChI is InChI=1S/C15H17NO5/c1-9-11(15(18)19)4-5-16(9)14(17)7-10-2-3-12-13(6-10)21-8-20-12/h2-3,6,9,11H,4-5,7-8H2,1H3,(H,18,19). The van der Waals surface area contributed by atoms with E-state index >= 15 is 0 Å². The molecule has 112 valence electrons. The number of rotatable bonds is 3. The van der Waals surface area contributed by atoms with Crippen LogP contribution in [0.2, 0.25) is 0 Å². The molecular weight excluding hydrogens is 274 g/mol. The van der Waals surface area contributed by atoms with Crippen molar-refractivity contribution in [1.29, 1.82) is 0 Å². The Balaban J connectivity index is 1.68. The van der Waals surface area contributed by atoms with Crippen LogP contribution in [0.15, 0.2) is 18.2 Å². The van der Waals surface area contributed by atoms with Gasteiger partial charge in [-0.3, -0.25) is 9.59 Å². The van der Waals surface area contributed by atoms with E-state index in [4.69, 9.17) is 14.6 Å². The Labute approximate surface area is 122 Å². The predicted octanol–water partition coefficient (Wildman–Crippen LogP) is 1.28. The Hall–Kier alpha value is -2.24. The van der Waals surface area contributed by atoms with Crippen LogP contribution in [0.4, 0.5) is 0 Å². The first kappa shape index (κ1) is 13.7. The smallest absolute Gasteiger partial charge is 0.308 e. The van der Waals surface area contributed by atoms with Crippen molar-refractivity contribution in [3.8, 4) is 11.5 Å². The SMILES string of the molecule is CC1C(C(=O)O)CCN1C(=O)Cc1ccc2c(c1)OCO2. The van der Waals surface area contributed by atoms with Gasteiger partial charge in [0, 0.05) is 12.6 Å². The summed E-state index contributed by atoms with van der Waals surface area (Å²) >= 11 is 0. The van der Waals surface area contributed by atoms with Crippen molar-refractivity contribution >= 4 is 11.9 Å². The van der Waals surface area contributed by atoms with Gasteiger partial charge < -0.3 is 19.5 Å². The maximum absolute atomic E-state index is 12.4. The van der Waals surface area contributed by atoms with Crippen LogP contribution in [0, 0.1) is 5.92 Å². The fourth-order valence-electron chi connectivity index (χ4n) is 2.95. The van der Waals surface area contributed by atoms with Crippen LogP contribution in [-0.4, -0.2) is 41.3 Å². The molecule has 2 unspecified atom stereocenters. The van der Waals surface area contributed by atoms with Gasteiger partial charge in [0.15, 0.2) is 11.5 Å². The summed E-state index contributed by atoms with van der Waals surface area (Å²) in [6, 6.07) is 5.17. The number of nitrogens with zero attached hydrogens (tertiary/aromatic N) is 1. The lowest BCUT2D eigenvalue weighted by Crippen LogP contribution is -2.38. The van der Waals surface area contributed by atoms with Gasteiger partial charge in [-0.2, -0.15) is 0 Å². The number of carbonyl (C=O) groups excluding carboxylic acids is 1. The molecular formula is C15H17NO5. The number of ether oxygens (including phenoxy) is 2. The molecule has 0 aromatic heterocycles. The first-order valence-corrected chi connectivity index (χ1v) is 6.97. The third-order valence-corrected chi connectivity index (χ3v) is 4.18. The molecule has 0 spiro atoms. The lowest BCUT2D eigenvalue weighted by molar-refractivity contribution is -0.143. The van der Waals surface area contributed by atoms with Gasteiger partial charge in [0.25, 0.3) is 0 Å². The van der Waals surface area contributed by atoms with Gasteiger partial charge >= 0.3 is 5.97 Å².